The largest absolute Gasteiger partial charge is 0.496 e. The van der Waals surface area contributed by atoms with E-state index in [0.29, 0.717) is 22.7 Å². The zero-order chi connectivity index (χ0) is 17.8. The van der Waals surface area contributed by atoms with E-state index in [0.717, 1.165) is 22.7 Å². The number of ether oxygens (including phenoxy) is 2. The van der Waals surface area contributed by atoms with Gasteiger partial charge in [-0.1, -0.05) is 19.1 Å². The van der Waals surface area contributed by atoms with Crippen LogP contribution in [-0.2, 0) is 6.42 Å². The number of hydrogen-bond donors (Lipinski definition) is 2. The molecule has 0 spiro atoms. The average molecular weight is 357 g/mol. The number of rotatable bonds is 6. The number of nitrogens with zero attached hydrogens (tertiary/aromatic N) is 1. The summed E-state index contributed by atoms with van der Waals surface area (Å²) in [6.45, 7) is 2.01. The van der Waals surface area contributed by atoms with Crippen molar-refractivity contribution in [3.8, 4) is 22.1 Å². The summed E-state index contributed by atoms with van der Waals surface area (Å²) in [4.78, 5) is 13.9. The Labute approximate surface area is 149 Å². The van der Waals surface area contributed by atoms with Crippen molar-refractivity contribution in [1.29, 1.82) is 0 Å². The smallest absolute Gasteiger partial charge is 0.263 e. The number of carbonyl (C=O) groups excluding carboxylic acids is 1. The SMILES string of the molecule is CCc1[nH]nc(-c2cccs2)c1NC(=O)c1c(OC)cccc1OC. The lowest BCUT2D eigenvalue weighted by atomic mass is 10.1. The molecule has 0 aliphatic heterocycles. The maximum atomic E-state index is 13.0. The molecule has 3 aromatic rings. The third-order valence-corrected chi connectivity index (χ3v) is 4.72. The second-order valence-electron chi connectivity index (χ2n) is 5.25. The van der Waals surface area contributed by atoms with Gasteiger partial charge in [-0.2, -0.15) is 5.10 Å². The van der Waals surface area contributed by atoms with Gasteiger partial charge in [-0.05, 0) is 30.0 Å². The van der Waals surface area contributed by atoms with Crippen LogP contribution in [-0.4, -0.2) is 30.3 Å². The number of methoxy groups -OCH3 is 2. The molecule has 2 heterocycles. The number of aryl methyl sites for hydroxylation is 1. The van der Waals surface area contributed by atoms with Crippen LogP contribution in [0.4, 0.5) is 5.69 Å². The van der Waals surface area contributed by atoms with Crippen LogP contribution in [0.2, 0.25) is 0 Å². The highest BCUT2D eigenvalue weighted by Gasteiger charge is 2.22. The summed E-state index contributed by atoms with van der Waals surface area (Å²) in [7, 11) is 3.05. The molecule has 0 fully saturated rings. The molecule has 0 aliphatic carbocycles. The van der Waals surface area contributed by atoms with E-state index in [4.69, 9.17) is 9.47 Å². The Bertz CT molecular complexity index is 850. The monoisotopic (exact) mass is 357 g/mol. The fourth-order valence-corrected chi connectivity index (χ4v) is 3.33. The van der Waals surface area contributed by atoms with Crippen molar-refractivity contribution in [3.63, 3.8) is 0 Å². The first-order valence-electron chi connectivity index (χ1n) is 7.83. The lowest BCUT2D eigenvalue weighted by Crippen LogP contribution is -2.15. The number of amides is 1. The number of thiophene rings is 1. The first-order valence-corrected chi connectivity index (χ1v) is 8.71. The van der Waals surface area contributed by atoms with Crippen LogP contribution in [0.1, 0.15) is 23.0 Å². The van der Waals surface area contributed by atoms with Crippen LogP contribution >= 0.6 is 11.3 Å². The molecular weight excluding hydrogens is 338 g/mol. The summed E-state index contributed by atoms with van der Waals surface area (Å²) in [6, 6.07) is 9.16. The first-order chi connectivity index (χ1) is 12.2. The van der Waals surface area contributed by atoms with Gasteiger partial charge in [0.05, 0.1) is 30.5 Å². The normalized spacial score (nSPS) is 10.5. The minimum absolute atomic E-state index is 0.303. The summed E-state index contributed by atoms with van der Waals surface area (Å²) in [6.07, 6.45) is 0.719. The Morgan fingerprint density at radius 1 is 1.20 bits per heavy atom. The molecule has 0 unspecified atom stereocenters. The van der Waals surface area contributed by atoms with Crippen molar-refractivity contribution in [2.45, 2.75) is 13.3 Å². The van der Waals surface area contributed by atoms with E-state index in [9.17, 15) is 4.79 Å². The van der Waals surface area contributed by atoms with E-state index >= 15 is 0 Å². The molecule has 2 aromatic heterocycles. The molecule has 7 heteroatoms. The molecule has 0 atom stereocenters. The third kappa shape index (κ3) is 3.23. The number of aromatic amines is 1. The highest BCUT2D eigenvalue weighted by molar-refractivity contribution is 7.13. The van der Waals surface area contributed by atoms with Gasteiger partial charge >= 0.3 is 0 Å². The topological polar surface area (TPSA) is 76.2 Å². The van der Waals surface area contributed by atoms with Crippen molar-refractivity contribution >= 4 is 22.9 Å². The minimum Gasteiger partial charge on any atom is -0.496 e. The molecule has 0 bridgehead atoms. The van der Waals surface area contributed by atoms with Crippen LogP contribution in [0.25, 0.3) is 10.6 Å². The standard InChI is InChI=1S/C18H19N3O3S/c1-4-11-16(17(21-20-11)14-9-6-10-25-14)19-18(22)15-12(23-2)7-5-8-13(15)24-3/h5-10H,4H2,1-3H3,(H,19,22)(H,20,21). The average Bonchev–Trinajstić information content (AvgIpc) is 3.30. The highest BCUT2D eigenvalue weighted by Crippen LogP contribution is 2.34. The lowest BCUT2D eigenvalue weighted by molar-refractivity contribution is 0.102. The Balaban J connectivity index is 2.01. The summed E-state index contributed by atoms with van der Waals surface area (Å²) in [5.41, 5.74) is 2.63. The van der Waals surface area contributed by atoms with E-state index in [2.05, 4.69) is 15.5 Å². The van der Waals surface area contributed by atoms with Gasteiger partial charge < -0.3 is 14.8 Å². The van der Waals surface area contributed by atoms with Crippen molar-refractivity contribution in [2.24, 2.45) is 0 Å². The molecule has 0 aliphatic rings. The summed E-state index contributed by atoms with van der Waals surface area (Å²) >= 11 is 1.57. The molecular formula is C18H19N3O3S. The van der Waals surface area contributed by atoms with Crippen LogP contribution in [0.3, 0.4) is 0 Å². The number of carbonyl (C=O) groups is 1. The number of nitrogens with one attached hydrogen (secondary N) is 2. The quantitative estimate of drug-likeness (QED) is 0.700. The van der Waals surface area contributed by atoms with Gasteiger partial charge in [0.25, 0.3) is 5.91 Å². The van der Waals surface area contributed by atoms with Crippen molar-refractivity contribution < 1.29 is 14.3 Å². The number of aromatic nitrogens is 2. The van der Waals surface area contributed by atoms with Gasteiger partial charge in [-0.15, -0.1) is 11.3 Å². The highest BCUT2D eigenvalue weighted by atomic mass is 32.1. The van der Waals surface area contributed by atoms with Crippen molar-refractivity contribution in [3.05, 3.63) is 47.0 Å². The van der Waals surface area contributed by atoms with Crippen molar-refractivity contribution in [1.82, 2.24) is 10.2 Å². The third-order valence-electron chi connectivity index (χ3n) is 3.84. The number of hydrogen-bond acceptors (Lipinski definition) is 5. The Morgan fingerprint density at radius 2 is 1.92 bits per heavy atom. The zero-order valence-corrected chi connectivity index (χ0v) is 15.1. The van der Waals surface area contributed by atoms with E-state index in [1.807, 2.05) is 24.4 Å². The predicted octanol–water partition coefficient (Wildman–Crippen LogP) is 3.97. The van der Waals surface area contributed by atoms with Gasteiger partial charge in [0.15, 0.2) is 0 Å². The van der Waals surface area contributed by atoms with Crippen LogP contribution in [0.5, 0.6) is 11.5 Å². The summed E-state index contributed by atoms with van der Waals surface area (Å²) in [5, 5.41) is 12.3. The molecule has 130 valence electrons. The van der Waals surface area contributed by atoms with Gasteiger partial charge in [-0.3, -0.25) is 9.89 Å². The molecule has 0 saturated carbocycles. The molecule has 25 heavy (non-hydrogen) atoms. The van der Waals surface area contributed by atoms with Gasteiger partial charge in [0.1, 0.15) is 22.8 Å². The van der Waals surface area contributed by atoms with Crippen LogP contribution in [0, 0.1) is 0 Å². The fraction of sp³-hybridized carbons (Fsp3) is 0.222. The Morgan fingerprint density at radius 3 is 2.48 bits per heavy atom. The Hall–Kier alpha value is -2.80. The minimum atomic E-state index is -0.303. The van der Waals surface area contributed by atoms with Crippen molar-refractivity contribution in [2.75, 3.05) is 19.5 Å². The maximum Gasteiger partial charge on any atom is 0.263 e. The van der Waals surface area contributed by atoms with E-state index in [1.165, 1.54) is 14.2 Å². The van der Waals surface area contributed by atoms with Gasteiger partial charge in [0.2, 0.25) is 0 Å². The molecule has 1 aromatic carbocycles. The zero-order valence-electron chi connectivity index (χ0n) is 14.3. The number of benzene rings is 1. The lowest BCUT2D eigenvalue weighted by Gasteiger charge is -2.13. The van der Waals surface area contributed by atoms with Gasteiger partial charge in [0, 0.05) is 0 Å². The maximum absolute atomic E-state index is 13.0. The summed E-state index contributed by atoms with van der Waals surface area (Å²) in [5.74, 6) is 0.607. The second-order valence-corrected chi connectivity index (χ2v) is 6.20. The van der Waals surface area contributed by atoms with Crippen LogP contribution in [0.15, 0.2) is 35.7 Å². The second kappa shape index (κ2) is 7.40. The van der Waals surface area contributed by atoms with E-state index in [1.54, 1.807) is 29.5 Å². The van der Waals surface area contributed by atoms with E-state index in [-0.39, 0.29) is 5.91 Å². The Kier molecular flexibility index (Phi) is 5.04. The predicted molar refractivity (Wildman–Crippen MR) is 98.8 cm³/mol. The molecule has 0 radical (unpaired) electrons. The molecule has 3 rings (SSSR count). The molecule has 6 nitrogen and oxygen atoms in total. The fourth-order valence-electron chi connectivity index (χ4n) is 2.61. The van der Waals surface area contributed by atoms with Gasteiger partial charge in [-0.25, -0.2) is 0 Å². The molecule has 2 N–H and O–H groups in total. The molecule has 1 amide bonds. The number of anilines is 1. The summed E-state index contributed by atoms with van der Waals surface area (Å²) < 4.78 is 10.6. The first kappa shape index (κ1) is 17.0. The van der Waals surface area contributed by atoms with Crippen LogP contribution < -0.4 is 14.8 Å². The molecule has 0 saturated heterocycles. The number of H-pyrrole nitrogens is 1. The van der Waals surface area contributed by atoms with E-state index < -0.39 is 0 Å².